The lowest BCUT2D eigenvalue weighted by Gasteiger charge is -2.24. The number of nitriles is 2. The first-order valence-electron chi connectivity index (χ1n) is 10.0. The number of amides is 1. The molecular weight excluding hydrogens is 428 g/mol. The average Bonchev–Trinajstić information content (AvgIpc) is 3.38. The van der Waals surface area contributed by atoms with E-state index < -0.39 is 15.9 Å². The van der Waals surface area contributed by atoms with Gasteiger partial charge in [0.25, 0.3) is 5.91 Å². The molecule has 4 rings (SSSR count). The fraction of sp³-hybridized carbons (Fsp3) is 0.261. The van der Waals surface area contributed by atoms with Crippen molar-refractivity contribution in [2.24, 2.45) is 0 Å². The Morgan fingerprint density at radius 2 is 1.88 bits per heavy atom. The van der Waals surface area contributed by atoms with Gasteiger partial charge in [-0.1, -0.05) is 18.2 Å². The van der Waals surface area contributed by atoms with E-state index >= 15 is 0 Å². The van der Waals surface area contributed by atoms with Crippen LogP contribution in [0.4, 0.5) is 5.69 Å². The predicted octanol–water partition coefficient (Wildman–Crippen LogP) is 2.70. The summed E-state index contributed by atoms with van der Waals surface area (Å²) in [5.74, 6) is 0.161. The molecule has 2 aliphatic heterocycles. The van der Waals surface area contributed by atoms with Crippen molar-refractivity contribution in [2.45, 2.75) is 23.8 Å². The smallest absolute Gasteiger partial charge is 0.260 e. The van der Waals surface area contributed by atoms with E-state index in [1.807, 2.05) is 30.3 Å². The molecule has 0 spiro atoms. The number of hydrogen-bond donors (Lipinski definition) is 0. The number of benzene rings is 2. The number of carbonyl (C=O) groups excluding carboxylic acids is 1. The molecule has 0 aliphatic carbocycles. The molecule has 9 heteroatoms. The number of ether oxygens (including phenoxy) is 1. The van der Waals surface area contributed by atoms with E-state index in [0.29, 0.717) is 30.8 Å². The molecule has 1 saturated heterocycles. The van der Waals surface area contributed by atoms with Crippen molar-refractivity contribution in [1.29, 1.82) is 10.5 Å². The zero-order chi connectivity index (χ0) is 22.9. The predicted molar refractivity (Wildman–Crippen MR) is 117 cm³/mol. The Bertz CT molecular complexity index is 1270. The summed E-state index contributed by atoms with van der Waals surface area (Å²) in [5.41, 5.74) is 0.311. The molecule has 0 saturated carbocycles. The van der Waals surface area contributed by atoms with Gasteiger partial charge < -0.3 is 9.64 Å². The van der Waals surface area contributed by atoms with Crippen LogP contribution < -0.4 is 9.64 Å². The third-order valence-electron chi connectivity index (χ3n) is 5.71. The van der Waals surface area contributed by atoms with Gasteiger partial charge in [-0.2, -0.15) is 14.8 Å². The Morgan fingerprint density at radius 1 is 1.16 bits per heavy atom. The van der Waals surface area contributed by atoms with E-state index in [4.69, 9.17) is 4.74 Å². The third kappa shape index (κ3) is 3.62. The molecule has 162 valence electrons. The van der Waals surface area contributed by atoms with Gasteiger partial charge in [-0.15, -0.1) is 0 Å². The average molecular weight is 449 g/mol. The SMILES string of the molecule is CN1C(=O)C(=C(C#N)C#N)c2cc(S(=O)(=O)N3CCCC3COc3ccccc3)ccc21. The van der Waals surface area contributed by atoms with E-state index in [9.17, 15) is 23.7 Å². The second-order valence-corrected chi connectivity index (χ2v) is 9.44. The Morgan fingerprint density at radius 3 is 2.56 bits per heavy atom. The van der Waals surface area contributed by atoms with Crippen molar-refractivity contribution in [3.63, 3.8) is 0 Å². The van der Waals surface area contributed by atoms with Crippen LogP contribution in [0.1, 0.15) is 18.4 Å². The summed E-state index contributed by atoms with van der Waals surface area (Å²) >= 11 is 0. The van der Waals surface area contributed by atoms with Crippen LogP contribution in [0.3, 0.4) is 0 Å². The summed E-state index contributed by atoms with van der Waals surface area (Å²) in [5, 5.41) is 18.5. The molecule has 32 heavy (non-hydrogen) atoms. The van der Waals surface area contributed by atoms with Gasteiger partial charge in [0.2, 0.25) is 10.0 Å². The van der Waals surface area contributed by atoms with Gasteiger partial charge in [0.05, 0.1) is 22.2 Å². The molecule has 1 amide bonds. The van der Waals surface area contributed by atoms with Crippen LogP contribution in [0.15, 0.2) is 59.0 Å². The minimum Gasteiger partial charge on any atom is -0.492 e. The number of nitrogens with zero attached hydrogens (tertiary/aromatic N) is 4. The quantitative estimate of drug-likeness (QED) is 0.513. The first kappa shape index (κ1) is 21.6. The van der Waals surface area contributed by atoms with Crippen molar-refractivity contribution < 1.29 is 17.9 Å². The van der Waals surface area contributed by atoms with Crippen LogP contribution >= 0.6 is 0 Å². The zero-order valence-electron chi connectivity index (χ0n) is 17.4. The highest BCUT2D eigenvalue weighted by Crippen LogP contribution is 2.39. The van der Waals surface area contributed by atoms with Gasteiger partial charge in [-0.25, -0.2) is 8.42 Å². The Balaban J connectivity index is 1.67. The van der Waals surface area contributed by atoms with Crippen LogP contribution in [0.2, 0.25) is 0 Å². The van der Waals surface area contributed by atoms with Crippen molar-refractivity contribution in [3.8, 4) is 17.9 Å². The summed E-state index contributed by atoms with van der Waals surface area (Å²) in [6.45, 7) is 0.596. The highest BCUT2D eigenvalue weighted by Gasteiger charge is 2.38. The highest BCUT2D eigenvalue weighted by molar-refractivity contribution is 7.89. The molecule has 2 aromatic carbocycles. The highest BCUT2D eigenvalue weighted by atomic mass is 32.2. The first-order chi connectivity index (χ1) is 15.4. The first-order valence-corrected chi connectivity index (χ1v) is 11.5. The number of fused-ring (bicyclic) bond motifs is 1. The number of para-hydroxylation sites is 1. The largest absolute Gasteiger partial charge is 0.492 e. The van der Waals surface area contributed by atoms with Crippen molar-refractivity contribution in [2.75, 3.05) is 25.1 Å². The van der Waals surface area contributed by atoms with Crippen molar-refractivity contribution >= 4 is 27.2 Å². The van der Waals surface area contributed by atoms with Crippen molar-refractivity contribution in [3.05, 3.63) is 59.7 Å². The number of rotatable bonds is 5. The number of hydrogen-bond acceptors (Lipinski definition) is 6. The molecule has 2 aromatic rings. The normalized spacial score (nSPS) is 18.2. The number of carbonyl (C=O) groups is 1. The summed E-state index contributed by atoms with van der Waals surface area (Å²) in [4.78, 5) is 13.9. The number of likely N-dealkylation sites (N-methyl/N-ethyl adjacent to an activating group) is 1. The molecule has 0 radical (unpaired) electrons. The monoisotopic (exact) mass is 448 g/mol. The van der Waals surface area contributed by atoms with Crippen LogP contribution in [-0.4, -0.2) is 44.9 Å². The lowest BCUT2D eigenvalue weighted by atomic mass is 10.0. The second kappa shape index (κ2) is 8.46. The molecule has 8 nitrogen and oxygen atoms in total. The maximum absolute atomic E-state index is 13.5. The fourth-order valence-electron chi connectivity index (χ4n) is 4.08. The second-order valence-electron chi connectivity index (χ2n) is 7.55. The van der Waals surface area contributed by atoms with Crippen molar-refractivity contribution in [1.82, 2.24) is 4.31 Å². The Kier molecular flexibility index (Phi) is 5.70. The van der Waals surface area contributed by atoms with Crippen LogP contribution in [0.5, 0.6) is 5.75 Å². The number of anilines is 1. The van der Waals surface area contributed by atoms with Gasteiger partial charge in [-0.05, 0) is 43.2 Å². The van der Waals surface area contributed by atoms with E-state index in [2.05, 4.69) is 0 Å². The van der Waals surface area contributed by atoms with Crippen LogP contribution in [0.25, 0.3) is 5.57 Å². The molecule has 0 bridgehead atoms. The number of allylic oxidation sites excluding steroid dienone is 1. The van der Waals surface area contributed by atoms with E-state index in [-0.39, 0.29) is 34.3 Å². The summed E-state index contributed by atoms with van der Waals surface area (Å²) in [7, 11) is -2.36. The molecule has 0 N–H and O–H groups in total. The standard InChI is InChI=1S/C23H20N4O4S/c1-26-21-10-9-19(12-20(21)22(23(26)28)16(13-24)14-25)32(29,30)27-11-5-6-17(27)15-31-18-7-3-2-4-8-18/h2-4,7-10,12,17H,5-6,11,15H2,1H3. The van der Waals surface area contributed by atoms with E-state index in [0.717, 1.165) is 0 Å². The van der Waals surface area contributed by atoms with E-state index in [1.54, 1.807) is 12.1 Å². The topological polar surface area (TPSA) is 114 Å². The third-order valence-corrected chi connectivity index (χ3v) is 7.65. The Labute approximate surface area is 186 Å². The molecule has 1 fully saturated rings. The fourth-order valence-corrected chi connectivity index (χ4v) is 5.78. The number of sulfonamides is 1. The van der Waals surface area contributed by atoms with Crippen LogP contribution in [-0.2, 0) is 14.8 Å². The minimum atomic E-state index is -3.88. The molecule has 2 aliphatic rings. The lowest BCUT2D eigenvalue weighted by Crippen LogP contribution is -2.39. The molecule has 2 heterocycles. The molecule has 1 unspecified atom stereocenters. The summed E-state index contributed by atoms with van der Waals surface area (Å²) in [6, 6.07) is 16.7. The van der Waals surface area contributed by atoms with Gasteiger partial charge in [-0.3, -0.25) is 4.79 Å². The minimum absolute atomic E-state index is 0.0127. The zero-order valence-corrected chi connectivity index (χ0v) is 18.2. The van der Waals surface area contributed by atoms with Crippen LogP contribution in [0, 0.1) is 22.7 Å². The van der Waals surface area contributed by atoms with Gasteiger partial charge in [0.15, 0.2) is 0 Å². The summed E-state index contributed by atoms with van der Waals surface area (Å²) < 4.78 is 34.1. The Hall–Kier alpha value is -3.66. The maximum atomic E-state index is 13.5. The summed E-state index contributed by atoms with van der Waals surface area (Å²) in [6.07, 6.45) is 1.39. The van der Waals surface area contributed by atoms with E-state index in [1.165, 1.54) is 34.5 Å². The van der Waals surface area contributed by atoms with Gasteiger partial charge in [0, 0.05) is 19.2 Å². The maximum Gasteiger partial charge on any atom is 0.260 e. The van der Waals surface area contributed by atoms with Gasteiger partial charge in [0.1, 0.15) is 30.1 Å². The lowest BCUT2D eigenvalue weighted by molar-refractivity contribution is -0.112. The molecule has 1 atom stereocenters. The molecular formula is C23H20N4O4S. The molecule has 0 aromatic heterocycles. The van der Waals surface area contributed by atoms with Gasteiger partial charge >= 0.3 is 0 Å².